The molecule has 3 rings (SSSR count). The maximum absolute atomic E-state index is 12.6. The van der Waals surface area contributed by atoms with Crippen LogP contribution in [0.15, 0.2) is 0 Å². The number of rotatable bonds is 4. The van der Waals surface area contributed by atoms with Gasteiger partial charge in [0.05, 0.1) is 6.54 Å². The highest BCUT2D eigenvalue weighted by Gasteiger charge is 2.45. The topological polar surface area (TPSA) is 30.0 Å². The van der Waals surface area contributed by atoms with Crippen LogP contribution in [0.3, 0.4) is 0 Å². The van der Waals surface area contributed by atoms with Crippen LogP contribution in [0.25, 0.3) is 0 Å². The van der Waals surface area contributed by atoms with E-state index in [0.717, 1.165) is 39.3 Å². The van der Waals surface area contributed by atoms with Crippen LogP contribution in [0.2, 0.25) is 0 Å². The van der Waals surface area contributed by atoms with Gasteiger partial charge in [-0.15, -0.1) is 0 Å². The highest BCUT2D eigenvalue weighted by molar-refractivity contribution is 5.78. The van der Waals surface area contributed by atoms with Gasteiger partial charge in [0.2, 0.25) is 5.91 Å². The number of piperazine rings is 1. The van der Waals surface area contributed by atoms with Crippen LogP contribution in [-0.4, -0.2) is 96.5 Å². The Labute approximate surface area is 161 Å². The third kappa shape index (κ3) is 5.20. The lowest BCUT2D eigenvalue weighted by molar-refractivity contribution is -0.138. The predicted molar refractivity (Wildman–Crippen MR) is 109 cm³/mol. The molecule has 0 aromatic carbocycles. The number of hydrogen-bond acceptors (Lipinski definition) is 4. The SMILES string of the molecule is CC.CC(C)N1CCN(CC(=O)N2CCC3(CC2)CN(C(C)C)C3)CC1. The molecule has 0 aromatic heterocycles. The summed E-state index contributed by atoms with van der Waals surface area (Å²) >= 11 is 0. The molecule has 152 valence electrons. The van der Waals surface area contributed by atoms with Crippen molar-refractivity contribution in [3.8, 4) is 0 Å². The van der Waals surface area contributed by atoms with E-state index in [-0.39, 0.29) is 0 Å². The molecule has 3 aliphatic heterocycles. The molecule has 0 unspecified atom stereocenters. The number of nitrogens with zero attached hydrogens (tertiary/aromatic N) is 4. The second-order valence-corrected chi connectivity index (χ2v) is 8.79. The van der Waals surface area contributed by atoms with E-state index in [2.05, 4.69) is 47.3 Å². The third-order valence-corrected chi connectivity index (χ3v) is 6.48. The zero-order valence-electron chi connectivity index (χ0n) is 18.1. The van der Waals surface area contributed by atoms with Crippen molar-refractivity contribution in [2.75, 3.05) is 58.9 Å². The fraction of sp³-hybridized carbons (Fsp3) is 0.952. The Kier molecular flexibility index (Phi) is 7.92. The van der Waals surface area contributed by atoms with E-state index < -0.39 is 0 Å². The molecule has 3 saturated heterocycles. The van der Waals surface area contributed by atoms with Crippen molar-refractivity contribution in [1.29, 1.82) is 0 Å². The molecule has 1 amide bonds. The largest absolute Gasteiger partial charge is 0.342 e. The third-order valence-electron chi connectivity index (χ3n) is 6.48. The van der Waals surface area contributed by atoms with Gasteiger partial charge in [-0.05, 0) is 46.0 Å². The van der Waals surface area contributed by atoms with Crippen molar-refractivity contribution in [3.63, 3.8) is 0 Å². The summed E-state index contributed by atoms with van der Waals surface area (Å²) in [7, 11) is 0. The molecule has 0 aliphatic carbocycles. The van der Waals surface area contributed by atoms with Gasteiger partial charge in [-0.3, -0.25) is 19.5 Å². The number of amides is 1. The Morgan fingerprint density at radius 1 is 0.808 bits per heavy atom. The average Bonchev–Trinajstić information content (AvgIpc) is 2.61. The van der Waals surface area contributed by atoms with E-state index in [1.807, 2.05) is 13.8 Å². The second kappa shape index (κ2) is 9.52. The number of piperidine rings is 1. The minimum Gasteiger partial charge on any atom is -0.342 e. The van der Waals surface area contributed by atoms with E-state index in [9.17, 15) is 4.79 Å². The van der Waals surface area contributed by atoms with Gasteiger partial charge in [0, 0.05) is 64.4 Å². The number of carbonyl (C=O) groups excluding carboxylic acids is 1. The zero-order valence-corrected chi connectivity index (χ0v) is 18.1. The Hall–Kier alpha value is -0.650. The molecule has 0 saturated carbocycles. The fourth-order valence-electron chi connectivity index (χ4n) is 4.46. The molecular formula is C21H42N4O. The summed E-state index contributed by atoms with van der Waals surface area (Å²) in [6.45, 7) is 22.4. The summed E-state index contributed by atoms with van der Waals surface area (Å²) < 4.78 is 0. The van der Waals surface area contributed by atoms with E-state index in [1.165, 1.54) is 25.9 Å². The first-order valence-corrected chi connectivity index (χ1v) is 10.9. The molecule has 1 spiro atoms. The molecule has 3 fully saturated rings. The van der Waals surface area contributed by atoms with Crippen LogP contribution in [-0.2, 0) is 4.79 Å². The van der Waals surface area contributed by atoms with Crippen molar-refractivity contribution in [2.24, 2.45) is 5.41 Å². The lowest BCUT2D eigenvalue weighted by atomic mass is 9.71. The molecule has 3 heterocycles. The van der Waals surface area contributed by atoms with E-state index in [4.69, 9.17) is 0 Å². The molecule has 26 heavy (non-hydrogen) atoms. The summed E-state index contributed by atoms with van der Waals surface area (Å²) in [5.74, 6) is 0.350. The summed E-state index contributed by atoms with van der Waals surface area (Å²) in [6, 6.07) is 1.29. The van der Waals surface area contributed by atoms with Gasteiger partial charge in [0.15, 0.2) is 0 Å². The molecule has 5 nitrogen and oxygen atoms in total. The highest BCUT2D eigenvalue weighted by Crippen LogP contribution is 2.41. The molecule has 0 N–H and O–H groups in total. The van der Waals surface area contributed by atoms with Crippen LogP contribution < -0.4 is 0 Å². The van der Waals surface area contributed by atoms with Crippen LogP contribution >= 0.6 is 0 Å². The van der Waals surface area contributed by atoms with E-state index >= 15 is 0 Å². The van der Waals surface area contributed by atoms with Crippen LogP contribution in [0.5, 0.6) is 0 Å². The van der Waals surface area contributed by atoms with Gasteiger partial charge < -0.3 is 4.90 Å². The maximum Gasteiger partial charge on any atom is 0.236 e. The van der Waals surface area contributed by atoms with Gasteiger partial charge in [-0.25, -0.2) is 0 Å². The molecule has 3 aliphatic rings. The monoisotopic (exact) mass is 366 g/mol. The Balaban J connectivity index is 0.00000117. The smallest absolute Gasteiger partial charge is 0.236 e. The van der Waals surface area contributed by atoms with Crippen LogP contribution in [0.1, 0.15) is 54.4 Å². The number of hydrogen-bond donors (Lipinski definition) is 0. The van der Waals surface area contributed by atoms with Crippen molar-refractivity contribution < 1.29 is 4.79 Å². The molecular weight excluding hydrogens is 324 g/mol. The number of carbonyl (C=O) groups is 1. The van der Waals surface area contributed by atoms with Crippen molar-refractivity contribution in [3.05, 3.63) is 0 Å². The van der Waals surface area contributed by atoms with E-state index in [1.54, 1.807) is 0 Å². The Bertz CT molecular complexity index is 427. The molecule has 0 bridgehead atoms. The number of likely N-dealkylation sites (tertiary alicyclic amines) is 2. The molecule has 5 heteroatoms. The summed E-state index contributed by atoms with van der Waals surface area (Å²) in [5, 5.41) is 0. The minimum absolute atomic E-state index is 0.350. The summed E-state index contributed by atoms with van der Waals surface area (Å²) in [6.07, 6.45) is 2.40. The predicted octanol–water partition coefficient (Wildman–Crippen LogP) is 2.37. The van der Waals surface area contributed by atoms with Crippen molar-refractivity contribution in [1.82, 2.24) is 19.6 Å². The summed E-state index contributed by atoms with van der Waals surface area (Å²) in [4.78, 5) is 22.2. The lowest BCUT2D eigenvalue weighted by Crippen LogP contribution is -2.62. The average molecular weight is 367 g/mol. The van der Waals surface area contributed by atoms with E-state index in [0.29, 0.717) is 30.0 Å². The van der Waals surface area contributed by atoms with Gasteiger partial charge in [0.25, 0.3) is 0 Å². The normalized spacial score (nSPS) is 24.5. The molecule has 0 aromatic rings. The summed E-state index contributed by atoms with van der Waals surface area (Å²) in [5.41, 5.74) is 0.518. The standard InChI is InChI=1S/C19H36N4O.C2H6/c1-16(2)21-11-9-20(10-12-21)13-18(24)22-7-5-19(6-8-22)14-23(15-19)17(3)4;1-2/h16-17H,5-15H2,1-4H3;1-2H3. The Morgan fingerprint density at radius 3 is 1.77 bits per heavy atom. The van der Waals surface area contributed by atoms with Crippen LogP contribution in [0, 0.1) is 5.41 Å². The Morgan fingerprint density at radius 2 is 1.31 bits per heavy atom. The quantitative estimate of drug-likeness (QED) is 0.764. The van der Waals surface area contributed by atoms with Gasteiger partial charge >= 0.3 is 0 Å². The molecule has 0 radical (unpaired) electrons. The van der Waals surface area contributed by atoms with Crippen molar-refractivity contribution >= 4 is 5.91 Å². The first kappa shape index (κ1) is 21.6. The lowest BCUT2D eigenvalue weighted by Gasteiger charge is -2.55. The highest BCUT2D eigenvalue weighted by atomic mass is 16.2. The molecule has 0 atom stereocenters. The maximum atomic E-state index is 12.6. The van der Waals surface area contributed by atoms with Crippen LogP contribution in [0.4, 0.5) is 0 Å². The fourth-order valence-corrected chi connectivity index (χ4v) is 4.46. The van der Waals surface area contributed by atoms with Gasteiger partial charge in [-0.1, -0.05) is 13.8 Å². The first-order chi connectivity index (χ1) is 12.4. The first-order valence-electron chi connectivity index (χ1n) is 10.9. The van der Waals surface area contributed by atoms with Crippen molar-refractivity contribution in [2.45, 2.75) is 66.5 Å². The minimum atomic E-state index is 0.350. The van der Waals surface area contributed by atoms with Gasteiger partial charge in [-0.2, -0.15) is 0 Å². The van der Waals surface area contributed by atoms with Gasteiger partial charge in [0.1, 0.15) is 0 Å². The zero-order chi connectivity index (χ0) is 19.3. The second-order valence-electron chi connectivity index (χ2n) is 8.79.